The minimum absolute atomic E-state index is 0.203. The van der Waals surface area contributed by atoms with Crippen LogP contribution in [0.1, 0.15) is 10.5 Å². The number of rotatable bonds is 4. The molecule has 0 aliphatic heterocycles. The van der Waals surface area contributed by atoms with Crippen molar-refractivity contribution in [3.05, 3.63) is 56.4 Å². The van der Waals surface area contributed by atoms with E-state index in [0.29, 0.717) is 0 Å². The van der Waals surface area contributed by atoms with Gasteiger partial charge >= 0.3 is 11.7 Å². The number of carbonyl (C=O) groups is 1. The lowest BCUT2D eigenvalue weighted by atomic mass is 10.3. The SMILES string of the molecule is O=C(O)c1ccc([N+](=O)[O-])c(Nc2ccc(Br)c(F)c2)n1. The van der Waals surface area contributed by atoms with E-state index in [2.05, 4.69) is 26.2 Å². The number of nitrogens with one attached hydrogen (secondary N) is 1. The molecule has 0 amide bonds. The molecule has 1 aromatic heterocycles. The van der Waals surface area contributed by atoms with Crippen LogP contribution in [0.25, 0.3) is 0 Å². The first kappa shape index (κ1) is 14.9. The Kier molecular flexibility index (Phi) is 4.13. The van der Waals surface area contributed by atoms with Crippen LogP contribution in [-0.2, 0) is 0 Å². The van der Waals surface area contributed by atoms with E-state index in [9.17, 15) is 19.3 Å². The van der Waals surface area contributed by atoms with Gasteiger partial charge in [-0.1, -0.05) is 0 Å². The van der Waals surface area contributed by atoms with Crippen molar-refractivity contribution in [1.82, 2.24) is 4.98 Å². The van der Waals surface area contributed by atoms with Crippen molar-refractivity contribution in [2.45, 2.75) is 0 Å². The largest absolute Gasteiger partial charge is 0.477 e. The van der Waals surface area contributed by atoms with Crippen molar-refractivity contribution in [3.8, 4) is 0 Å². The molecular weight excluding hydrogens is 349 g/mol. The molecule has 108 valence electrons. The molecule has 2 aromatic rings. The number of aromatic carboxylic acids is 1. The van der Waals surface area contributed by atoms with Crippen molar-refractivity contribution >= 4 is 39.1 Å². The number of hydrogen-bond donors (Lipinski definition) is 2. The predicted octanol–water partition coefficient (Wildman–Crippen LogP) is 3.33. The normalized spacial score (nSPS) is 10.2. The first-order valence-corrected chi connectivity index (χ1v) is 6.28. The van der Waals surface area contributed by atoms with Crippen LogP contribution in [0.2, 0.25) is 0 Å². The monoisotopic (exact) mass is 355 g/mol. The third-order valence-electron chi connectivity index (χ3n) is 2.47. The minimum Gasteiger partial charge on any atom is -0.477 e. The van der Waals surface area contributed by atoms with Gasteiger partial charge in [0.2, 0.25) is 5.82 Å². The number of carboxylic acids is 1. The fourth-order valence-corrected chi connectivity index (χ4v) is 1.77. The fraction of sp³-hybridized carbons (Fsp3) is 0. The molecule has 0 radical (unpaired) electrons. The maximum atomic E-state index is 13.4. The van der Waals surface area contributed by atoms with Crippen molar-refractivity contribution in [3.63, 3.8) is 0 Å². The quantitative estimate of drug-likeness (QED) is 0.643. The van der Waals surface area contributed by atoms with Crippen LogP contribution in [0.3, 0.4) is 0 Å². The Bertz CT molecular complexity index is 738. The number of aromatic nitrogens is 1. The maximum absolute atomic E-state index is 13.4. The summed E-state index contributed by atoms with van der Waals surface area (Å²) in [7, 11) is 0. The Balaban J connectivity index is 2.45. The molecule has 0 saturated heterocycles. The lowest BCUT2D eigenvalue weighted by Gasteiger charge is -2.07. The second-order valence-corrected chi connectivity index (χ2v) is 4.73. The lowest BCUT2D eigenvalue weighted by molar-refractivity contribution is -0.384. The summed E-state index contributed by atoms with van der Waals surface area (Å²) in [5, 5.41) is 22.3. The molecule has 0 aliphatic carbocycles. The second kappa shape index (κ2) is 5.83. The maximum Gasteiger partial charge on any atom is 0.354 e. The smallest absolute Gasteiger partial charge is 0.354 e. The molecule has 0 aliphatic rings. The van der Waals surface area contributed by atoms with Gasteiger partial charge in [-0.2, -0.15) is 0 Å². The highest BCUT2D eigenvalue weighted by molar-refractivity contribution is 9.10. The van der Waals surface area contributed by atoms with Crippen LogP contribution in [-0.4, -0.2) is 21.0 Å². The Morgan fingerprint density at radius 1 is 1.38 bits per heavy atom. The highest BCUT2D eigenvalue weighted by Gasteiger charge is 2.18. The molecule has 0 unspecified atom stereocenters. The highest BCUT2D eigenvalue weighted by atomic mass is 79.9. The van der Waals surface area contributed by atoms with E-state index >= 15 is 0 Å². The van der Waals surface area contributed by atoms with Gasteiger partial charge in [-0.05, 0) is 40.2 Å². The van der Waals surface area contributed by atoms with Gasteiger partial charge in [-0.3, -0.25) is 10.1 Å². The molecule has 0 fully saturated rings. The van der Waals surface area contributed by atoms with Crippen LogP contribution in [0.5, 0.6) is 0 Å². The van der Waals surface area contributed by atoms with Gasteiger partial charge in [-0.25, -0.2) is 14.2 Å². The van der Waals surface area contributed by atoms with Crippen LogP contribution in [0.15, 0.2) is 34.8 Å². The summed E-state index contributed by atoms with van der Waals surface area (Å²) in [5.74, 6) is -2.17. The summed E-state index contributed by atoms with van der Waals surface area (Å²) in [6.07, 6.45) is 0. The molecule has 0 atom stereocenters. The zero-order chi connectivity index (χ0) is 15.6. The number of hydrogen-bond acceptors (Lipinski definition) is 5. The average Bonchev–Trinajstić information content (AvgIpc) is 2.42. The highest BCUT2D eigenvalue weighted by Crippen LogP contribution is 2.27. The van der Waals surface area contributed by atoms with Gasteiger partial charge in [0, 0.05) is 11.8 Å². The number of pyridine rings is 1. The minimum atomic E-state index is -1.32. The van der Waals surface area contributed by atoms with E-state index in [1.54, 1.807) is 0 Å². The lowest BCUT2D eigenvalue weighted by Crippen LogP contribution is -2.06. The van der Waals surface area contributed by atoms with Gasteiger partial charge < -0.3 is 10.4 Å². The van der Waals surface area contributed by atoms with Gasteiger partial charge in [0.15, 0.2) is 5.69 Å². The summed E-state index contributed by atoms with van der Waals surface area (Å²) in [6.45, 7) is 0. The molecular formula is C12H7BrFN3O4. The third-order valence-corrected chi connectivity index (χ3v) is 3.12. The molecule has 9 heteroatoms. The summed E-state index contributed by atoms with van der Waals surface area (Å²) in [5.41, 5.74) is -0.571. The Morgan fingerprint density at radius 3 is 2.67 bits per heavy atom. The molecule has 0 bridgehead atoms. The molecule has 2 N–H and O–H groups in total. The van der Waals surface area contributed by atoms with Crippen molar-refractivity contribution in [1.29, 1.82) is 0 Å². The van der Waals surface area contributed by atoms with Crippen molar-refractivity contribution in [2.75, 3.05) is 5.32 Å². The van der Waals surface area contributed by atoms with Crippen LogP contribution < -0.4 is 5.32 Å². The Morgan fingerprint density at radius 2 is 2.10 bits per heavy atom. The van der Waals surface area contributed by atoms with E-state index < -0.39 is 22.4 Å². The molecule has 7 nitrogen and oxygen atoms in total. The number of benzene rings is 1. The Labute approximate surface area is 125 Å². The molecule has 21 heavy (non-hydrogen) atoms. The second-order valence-electron chi connectivity index (χ2n) is 3.88. The average molecular weight is 356 g/mol. The predicted molar refractivity (Wildman–Crippen MR) is 75.2 cm³/mol. The van der Waals surface area contributed by atoms with E-state index in [0.717, 1.165) is 18.2 Å². The zero-order valence-corrected chi connectivity index (χ0v) is 11.8. The first-order chi connectivity index (χ1) is 9.88. The first-order valence-electron chi connectivity index (χ1n) is 5.49. The summed E-state index contributed by atoms with van der Waals surface area (Å²) < 4.78 is 13.6. The van der Waals surface area contributed by atoms with E-state index in [4.69, 9.17) is 5.11 Å². The third kappa shape index (κ3) is 3.31. The van der Waals surface area contributed by atoms with Crippen LogP contribution in [0.4, 0.5) is 21.6 Å². The molecule has 2 rings (SSSR count). The molecule has 0 spiro atoms. The standard InChI is InChI=1S/C12H7BrFN3O4/c13-7-2-1-6(5-8(7)14)15-11-10(17(20)21)4-3-9(16-11)12(18)19/h1-5H,(H,15,16)(H,18,19). The summed E-state index contributed by atoms with van der Waals surface area (Å²) in [6, 6.07) is 6.02. The summed E-state index contributed by atoms with van der Waals surface area (Å²) >= 11 is 2.98. The number of halogens is 2. The fourth-order valence-electron chi connectivity index (χ4n) is 1.52. The van der Waals surface area contributed by atoms with Gasteiger partial charge in [0.25, 0.3) is 0 Å². The number of anilines is 2. The van der Waals surface area contributed by atoms with E-state index in [1.807, 2.05) is 0 Å². The number of carboxylic acid groups (broad SMARTS) is 1. The van der Waals surface area contributed by atoms with Crippen LogP contribution in [0, 0.1) is 15.9 Å². The number of nitro groups is 1. The number of nitrogens with zero attached hydrogens (tertiary/aromatic N) is 2. The van der Waals surface area contributed by atoms with Gasteiger partial charge in [0.05, 0.1) is 9.40 Å². The van der Waals surface area contributed by atoms with E-state index in [-0.39, 0.29) is 21.7 Å². The van der Waals surface area contributed by atoms with Crippen molar-refractivity contribution < 1.29 is 19.2 Å². The van der Waals surface area contributed by atoms with Crippen molar-refractivity contribution in [2.24, 2.45) is 0 Å². The Hall–Kier alpha value is -2.55. The molecule has 1 aromatic carbocycles. The zero-order valence-electron chi connectivity index (χ0n) is 10.2. The summed E-state index contributed by atoms with van der Waals surface area (Å²) in [4.78, 5) is 24.7. The van der Waals surface area contributed by atoms with Crippen LogP contribution >= 0.6 is 15.9 Å². The van der Waals surface area contributed by atoms with Gasteiger partial charge in [0.1, 0.15) is 5.82 Å². The molecule has 1 heterocycles. The topological polar surface area (TPSA) is 105 Å². The van der Waals surface area contributed by atoms with E-state index in [1.165, 1.54) is 12.1 Å². The molecule has 0 saturated carbocycles. The van der Waals surface area contributed by atoms with Gasteiger partial charge in [-0.15, -0.1) is 0 Å².